The van der Waals surface area contributed by atoms with Crippen LogP contribution in [0.2, 0.25) is 0 Å². The Labute approximate surface area is 331 Å². The summed E-state index contributed by atoms with van der Waals surface area (Å²) in [7, 11) is 0. The van der Waals surface area contributed by atoms with Gasteiger partial charge in [0.15, 0.2) is 35.9 Å². The van der Waals surface area contributed by atoms with Crippen molar-refractivity contribution in [2.45, 2.75) is 90.4 Å². The maximum Gasteiger partial charge on any atom is 0.204 e. The molecular formula is C39H47N3O16. The topological polar surface area (TPSA) is 337 Å². The largest absolute Gasteiger partial charge is 0.394 e. The number of carbonyl (C=O) groups excluding carboxylic acids is 3. The first kappa shape index (κ1) is 43.6. The van der Waals surface area contributed by atoms with Gasteiger partial charge in [0.25, 0.3) is 0 Å². The number of ketones is 3. The highest BCUT2D eigenvalue weighted by atomic mass is 16.7. The minimum absolute atomic E-state index is 0.252. The maximum absolute atomic E-state index is 14.7. The fraction of sp³-hybridized carbons (Fsp3) is 0.462. The summed E-state index contributed by atoms with van der Waals surface area (Å²) in [6.45, 7) is -3.29. The van der Waals surface area contributed by atoms with Crippen LogP contribution in [0.4, 0.5) is 0 Å². The van der Waals surface area contributed by atoms with Crippen LogP contribution in [0.5, 0.6) is 0 Å². The first-order valence-corrected chi connectivity index (χ1v) is 18.3. The van der Waals surface area contributed by atoms with Crippen LogP contribution in [0, 0.1) is 0 Å². The molecule has 19 nitrogen and oxygen atoms in total. The standard InChI is InChI=1S/C39H47N3O16/c40-24-26(46)28(22(16-43)54-34(24)51)56-35-25(41)27(47)29(23(17-44)55-35)57-36-30(42)38(52,32(49)20-12-6-2-7-13-20)39(53,33(50)21-14-8-3-9-15-21)37(18-45,58-36)31(48)19-10-4-1-5-11-19/h1-15,22-30,34-36,43-47,51-53H,16-18,40-42H2/t22-,23-,24-,25-,26-,27-,28?,29?,30+,34-,35+,36+,37+,38+,39-/m1/s1. The zero-order chi connectivity index (χ0) is 42.2. The predicted molar refractivity (Wildman–Crippen MR) is 196 cm³/mol. The van der Waals surface area contributed by atoms with Crippen LogP contribution in [0.25, 0.3) is 0 Å². The van der Waals surface area contributed by atoms with Gasteiger partial charge >= 0.3 is 0 Å². The Hall–Kier alpha value is -3.97. The molecule has 0 saturated carbocycles. The normalized spacial score (nSPS) is 39.2. The molecule has 3 aromatic carbocycles. The van der Waals surface area contributed by atoms with E-state index in [0.717, 1.165) is 0 Å². The van der Waals surface area contributed by atoms with Crippen LogP contribution >= 0.6 is 0 Å². The van der Waals surface area contributed by atoms with Crippen LogP contribution in [0.1, 0.15) is 31.1 Å². The van der Waals surface area contributed by atoms with Gasteiger partial charge in [0.05, 0.1) is 37.9 Å². The van der Waals surface area contributed by atoms with Gasteiger partial charge in [0.1, 0.15) is 36.6 Å². The van der Waals surface area contributed by atoms with E-state index in [1.807, 2.05) is 0 Å². The van der Waals surface area contributed by atoms with Crippen LogP contribution in [0.15, 0.2) is 91.0 Å². The molecule has 6 rings (SSSR count). The molecule has 15 atom stereocenters. The van der Waals surface area contributed by atoms with Gasteiger partial charge in [-0.3, -0.25) is 14.4 Å². The number of carbonyl (C=O) groups is 3. The minimum Gasteiger partial charge on any atom is -0.394 e. The Morgan fingerprint density at radius 1 is 0.603 bits per heavy atom. The van der Waals surface area contributed by atoms with Crippen molar-refractivity contribution in [3.05, 3.63) is 108 Å². The maximum atomic E-state index is 14.7. The first-order valence-electron chi connectivity index (χ1n) is 18.3. The fourth-order valence-corrected chi connectivity index (χ4v) is 7.72. The molecule has 0 amide bonds. The lowest BCUT2D eigenvalue weighted by atomic mass is 9.58. The second-order valence-electron chi connectivity index (χ2n) is 14.4. The number of aliphatic hydroxyl groups is 8. The van der Waals surface area contributed by atoms with Crippen molar-refractivity contribution >= 4 is 17.3 Å². The number of ether oxygens (including phenoxy) is 5. The van der Waals surface area contributed by atoms with Gasteiger partial charge in [-0.2, -0.15) is 0 Å². The number of benzene rings is 3. The third-order valence-corrected chi connectivity index (χ3v) is 11.0. The molecule has 314 valence electrons. The molecule has 3 aromatic rings. The molecule has 0 aromatic heterocycles. The molecule has 14 N–H and O–H groups in total. The second-order valence-corrected chi connectivity index (χ2v) is 14.4. The quantitative estimate of drug-likeness (QED) is 0.0735. The number of nitrogens with two attached hydrogens (primary N) is 3. The van der Waals surface area contributed by atoms with E-state index in [0.29, 0.717) is 0 Å². The molecule has 19 heteroatoms. The average Bonchev–Trinajstić information content (AvgIpc) is 3.26. The lowest BCUT2D eigenvalue weighted by Crippen LogP contribution is -2.88. The summed E-state index contributed by atoms with van der Waals surface area (Å²) in [5, 5.41) is 89.8. The van der Waals surface area contributed by atoms with Gasteiger partial charge in [-0.05, 0) is 0 Å². The van der Waals surface area contributed by atoms with E-state index in [2.05, 4.69) is 0 Å². The number of Topliss-reactive ketones (excluding diaryl/α,β-unsaturated/α-hetero) is 3. The highest BCUT2D eigenvalue weighted by Crippen LogP contribution is 2.50. The number of hydrogen-bond acceptors (Lipinski definition) is 19. The Morgan fingerprint density at radius 2 is 1.03 bits per heavy atom. The van der Waals surface area contributed by atoms with E-state index in [1.54, 1.807) is 6.07 Å². The summed E-state index contributed by atoms with van der Waals surface area (Å²) in [6.07, 6.45) is -15.5. The molecule has 3 fully saturated rings. The fourth-order valence-electron chi connectivity index (χ4n) is 7.72. The molecule has 2 unspecified atom stereocenters. The monoisotopic (exact) mass is 813 g/mol. The summed E-state index contributed by atoms with van der Waals surface area (Å²) in [5.41, 5.74) is 7.33. The zero-order valence-electron chi connectivity index (χ0n) is 30.8. The van der Waals surface area contributed by atoms with Crippen molar-refractivity contribution in [3.8, 4) is 0 Å². The summed E-state index contributed by atoms with van der Waals surface area (Å²) < 4.78 is 29.1. The molecule has 0 aliphatic carbocycles. The summed E-state index contributed by atoms with van der Waals surface area (Å²) in [6, 6.07) is 15.3. The third kappa shape index (κ3) is 7.11. The number of rotatable bonds is 13. The van der Waals surface area contributed by atoms with E-state index in [9.17, 15) is 55.2 Å². The molecule has 0 spiro atoms. The number of hydrogen-bond donors (Lipinski definition) is 11. The van der Waals surface area contributed by atoms with Crippen molar-refractivity contribution in [2.24, 2.45) is 17.2 Å². The van der Waals surface area contributed by atoms with Crippen LogP contribution in [-0.4, -0.2) is 168 Å². The van der Waals surface area contributed by atoms with Crippen molar-refractivity contribution in [3.63, 3.8) is 0 Å². The molecule has 3 heterocycles. The Balaban J connectivity index is 1.44. The van der Waals surface area contributed by atoms with E-state index in [4.69, 9.17) is 40.9 Å². The van der Waals surface area contributed by atoms with Gasteiger partial charge in [0.2, 0.25) is 17.2 Å². The van der Waals surface area contributed by atoms with Crippen molar-refractivity contribution in [1.29, 1.82) is 0 Å². The Bertz CT molecular complexity index is 1840. The third-order valence-electron chi connectivity index (χ3n) is 11.0. The van der Waals surface area contributed by atoms with Gasteiger partial charge in [0, 0.05) is 16.7 Å². The van der Waals surface area contributed by atoms with E-state index >= 15 is 0 Å². The van der Waals surface area contributed by atoms with Crippen molar-refractivity contribution in [1.82, 2.24) is 0 Å². The summed E-state index contributed by atoms with van der Waals surface area (Å²) in [4.78, 5) is 44.2. The predicted octanol–water partition coefficient (Wildman–Crippen LogP) is -3.91. The SMILES string of the molecule is N[C@H]1[C@H](OC2[C@@H](CO)O[C@@H](O)[C@H](N)[C@H]2O)O[C@H](CO)C(O[C@H]2O[C@@](CO)(C(=O)c3ccccc3)[C@](O)(C(=O)c3ccccc3)[C@@](O)(C(=O)c3ccccc3)[C@H]2N)[C@@H]1O. The second kappa shape index (κ2) is 17.3. The zero-order valence-corrected chi connectivity index (χ0v) is 30.8. The van der Waals surface area contributed by atoms with E-state index in [1.165, 1.54) is 84.9 Å². The smallest absolute Gasteiger partial charge is 0.204 e. The van der Waals surface area contributed by atoms with Gasteiger partial charge in [-0.15, -0.1) is 0 Å². The molecular weight excluding hydrogens is 766 g/mol. The molecule has 3 aliphatic rings. The van der Waals surface area contributed by atoms with Gasteiger partial charge < -0.3 is 81.7 Å². The highest BCUT2D eigenvalue weighted by Gasteiger charge is 2.79. The van der Waals surface area contributed by atoms with E-state index in [-0.39, 0.29) is 16.7 Å². The lowest BCUT2D eigenvalue weighted by Gasteiger charge is -2.59. The van der Waals surface area contributed by atoms with E-state index < -0.39 is 128 Å². The Morgan fingerprint density at radius 3 is 1.52 bits per heavy atom. The first-order chi connectivity index (χ1) is 27.6. The lowest BCUT2D eigenvalue weighted by molar-refractivity contribution is -0.366. The minimum atomic E-state index is -3.72. The van der Waals surface area contributed by atoms with Crippen molar-refractivity contribution < 1.29 is 78.9 Å². The number of aliphatic hydroxyl groups excluding tert-OH is 6. The Kier molecular flexibility index (Phi) is 13.0. The van der Waals surface area contributed by atoms with Crippen LogP contribution < -0.4 is 17.2 Å². The van der Waals surface area contributed by atoms with Crippen LogP contribution in [-0.2, 0) is 23.7 Å². The molecule has 0 bridgehead atoms. The summed E-state index contributed by atoms with van der Waals surface area (Å²) >= 11 is 0. The van der Waals surface area contributed by atoms with Crippen molar-refractivity contribution in [2.75, 3.05) is 19.8 Å². The van der Waals surface area contributed by atoms with Crippen LogP contribution in [0.3, 0.4) is 0 Å². The summed E-state index contributed by atoms with van der Waals surface area (Å²) in [5.74, 6) is -4.12. The van der Waals surface area contributed by atoms with Gasteiger partial charge in [-0.1, -0.05) is 91.0 Å². The average molecular weight is 814 g/mol. The molecule has 0 radical (unpaired) electrons. The molecule has 58 heavy (non-hydrogen) atoms. The highest BCUT2D eigenvalue weighted by molar-refractivity contribution is 6.18. The molecule has 3 aliphatic heterocycles. The molecule has 3 saturated heterocycles. The van der Waals surface area contributed by atoms with Gasteiger partial charge in [-0.25, -0.2) is 0 Å².